The maximum atomic E-state index is 13.2. The van der Waals surface area contributed by atoms with Crippen LogP contribution in [0.4, 0.5) is 5.69 Å². The highest BCUT2D eigenvalue weighted by Crippen LogP contribution is 2.50. The molecule has 0 atom stereocenters. The highest BCUT2D eigenvalue weighted by atomic mass is 16.5. The molecule has 3 aliphatic carbocycles. The molecular weight excluding hydrogens is 474 g/mol. The number of anilines is 1. The van der Waals surface area contributed by atoms with Gasteiger partial charge in [0.2, 0.25) is 0 Å². The lowest BCUT2D eigenvalue weighted by Gasteiger charge is -2.51. The summed E-state index contributed by atoms with van der Waals surface area (Å²) in [6, 6.07) is 8.44. The fourth-order valence-corrected chi connectivity index (χ4v) is 5.62. The summed E-state index contributed by atoms with van der Waals surface area (Å²) in [7, 11) is 0. The minimum absolute atomic E-state index is 0.0167. The monoisotopic (exact) mass is 503 g/mol. The van der Waals surface area contributed by atoms with Gasteiger partial charge >= 0.3 is 0 Å². The number of aromatic nitrogens is 3. The number of benzene rings is 1. The molecule has 5 N–H and O–H groups in total. The van der Waals surface area contributed by atoms with Crippen LogP contribution in [0, 0.1) is 5.41 Å². The largest absolute Gasteiger partial charge is 0.482 e. The van der Waals surface area contributed by atoms with Gasteiger partial charge in [0.15, 0.2) is 12.3 Å². The van der Waals surface area contributed by atoms with Gasteiger partial charge in [0.05, 0.1) is 11.9 Å². The minimum atomic E-state index is -0.423. The second kappa shape index (κ2) is 8.84. The summed E-state index contributed by atoms with van der Waals surface area (Å²) in [5.41, 5.74) is 8.62. The number of amides is 3. The van der Waals surface area contributed by atoms with Gasteiger partial charge in [-0.15, -0.1) is 0 Å². The van der Waals surface area contributed by atoms with E-state index in [0.717, 1.165) is 44.1 Å². The molecule has 3 saturated carbocycles. The Morgan fingerprint density at radius 2 is 1.84 bits per heavy atom. The summed E-state index contributed by atoms with van der Waals surface area (Å²) < 4.78 is 6.82. The summed E-state index contributed by atoms with van der Waals surface area (Å²) in [5, 5.41) is 12.9. The molecule has 4 aliphatic rings. The third-order valence-electron chi connectivity index (χ3n) is 8.04. The number of fused-ring (bicyclic) bond motifs is 5. The zero-order valence-electron chi connectivity index (χ0n) is 20.4. The zero-order valence-corrected chi connectivity index (χ0v) is 20.4. The van der Waals surface area contributed by atoms with Gasteiger partial charge in [0.1, 0.15) is 17.1 Å². The average Bonchev–Trinajstić information content (AvgIpc) is 3.39. The number of carbonyl (C=O) groups is 3. The highest BCUT2D eigenvalue weighted by Gasteiger charge is 2.46. The molecule has 3 fully saturated rings. The van der Waals surface area contributed by atoms with Gasteiger partial charge in [-0.05, 0) is 61.6 Å². The lowest BCUT2D eigenvalue weighted by molar-refractivity contribution is -0.118. The van der Waals surface area contributed by atoms with Crippen LogP contribution in [0.1, 0.15) is 65.1 Å². The van der Waals surface area contributed by atoms with Gasteiger partial charge in [-0.1, -0.05) is 6.07 Å². The van der Waals surface area contributed by atoms with Crippen molar-refractivity contribution in [3.05, 3.63) is 53.5 Å². The third-order valence-corrected chi connectivity index (χ3v) is 8.04. The van der Waals surface area contributed by atoms with Crippen LogP contribution in [0.3, 0.4) is 0 Å². The quantitative estimate of drug-likeness (QED) is 0.400. The maximum absolute atomic E-state index is 13.2. The van der Waals surface area contributed by atoms with E-state index in [1.807, 2.05) is 6.07 Å². The van der Waals surface area contributed by atoms with Crippen LogP contribution < -0.4 is 26.4 Å². The van der Waals surface area contributed by atoms with Crippen LogP contribution >= 0.6 is 0 Å². The average molecular weight is 504 g/mol. The van der Waals surface area contributed by atoms with Gasteiger partial charge in [0.25, 0.3) is 17.7 Å². The Morgan fingerprint density at radius 3 is 2.62 bits per heavy atom. The summed E-state index contributed by atoms with van der Waals surface area (Å²) in [4.78, 5) is 42.2. The smallest absolute Gasteiger partial charge is 0.270 e. The normalized spacial score (nSPS) is 24.2. The van der Waals surface area contributed by atoms with E-state index < -0.39 is 5.91 Å². The Bertz CT molecular complexity index is 1390. The van der Waals surface area contributed by atoms with E-state index in [0.29, 0.717) is 23.6 Å². The van der Waals surface area contributed by atoms with Gasteiger partial charge in [-0.2, -0.15) is 5.10 Å². The number of nitrogens with two attached hydrogens (primary N) is 1. The number of hydrogen-bond acceptors (Lipinski definition) is 7. The summed E-state index contributed by atoms with van der Waals surface area (Å²) >= 11 is 0. The molecule has 37 heavy (non-hydrogen) atoms. The van der Waals surface area contributed by atoms with E-state index in [9.17, 15) is 14.4 Å². The first kappa shape index (κ1) is 23.4. The molecule has 2 bridgehead atoms. The standard InChI is InChI=1S/C26H29N7O4/c27-26-7-4-25(5-8-26,6-9-26)15-29-24(36)19-12-18(31-21-3-10-30-33(19)21)23(35)28-13-16-1-2-20-17(11-16)32-22(34)14-37-20/h1-3,10-12H,4-9,13-15,27H2,(H,28,35)(H,29,36)(H,32,34). The van der Waals surface area contributed by atoms with E-state index in [-0.39, 0.29) is 47.3 Å². The summed E-state index contributed by atoms with van der Waals surface area (Å²) in [5.74, 6) is -0.355. The van der Waals surface area contributed by atoms with Crippen molar-refractivity contribution in [2.75, 3.05) is 18.5 Å². The Balaban J connectivity index is 1.15. The van der Waals surface area contributed by atoms with Crippen LogP contribution in [0.5, 0.6) is 5.75 Å². The van der Waals surface area contributed by atoms with Crippen molar-refractivity contribution < 1.29 is 19.1 Å². The fourth-order valence-electron chi connectivity index (χ4n) is 5.62. The minimum Gasteiger partial charge on any atom is -0.482 e. The molecule has 1 aliphatic heterocycles. The van der Waals surface area contributed by atoms with Crippen molar-refractivity contribution >= 4 is 29.1 Å². The Labute approximate surface area is 213 Å². The summed E-state index contributed by atoms with van der Waals surface area (Å²) in [6.07, 6.45) is 7.59. The molecule has 11 nitrogen and oxygen atoms in total. The predicted octanol–water partition coefficient (Wildman–Crippen LogP) is 1.77. The van der Waals surface area contributed by atoms with Crippen molar-refractivity contribution in [2.45, 2.75) is 50.6 Å². The van der Waals surface area contributed by atoms with E-state index in [1.165, 1.54) is 10.6 Å². The number of nitrogens with zero attached hydrogens (tertiary/aromatic N) is 3. The molecule has 11 heteroatoms. The van der Waals surface area contributed by atoms with Crippen molar-refractivity contribution in [1.82, 2.24) is 25.2 Å². The van der Waals surface area contributed by atoms with E-state index >= 15 is 0 Å². The lowest BCUT2D eigenvalue weighted by Crippen LogP contribution is -2.54. The first-order chi connectivity index (χ1) is 17.8. The fraction of sp³-hybridized carbons (Fsp3) is 0.423. The third kappa shape index (κ3) is 4.50. The van der Waals surface area contributed by atoms with Crippen LogP contribution in [-0.2, 0) is 11.3 Å². The van der Waals surface area contributed by atoms with Crippen molar-refractivity contribution in [3.63, 3.8) is 0 Å². The molecule has 0 saturated heterocycles. The number of carbonyl (C=O) groups excluding carboxylic acids is 3. The molecule has 3 heterocycles. The van der Waals surface area contributed by atoms with Crippen molar-refractivity contribution in [1.29, 1.82) is 0 Å². The van der Waals surface area contributed by atoms with Gasteiger partial charge in [-0.25, -0.2) is 9.50 Å². The van der Waals surface area contributed by atoms with Crippen LogP contribution in [0.2, 0.25) is 0 Å². The van der Waals surface area contributed by atoms with Gasteiger partial charge < -0.3 is 26.4 Å². The second-order valence-electron chi connectivity index (χ2n) is 10.5. The van der Waals surface area contributed by atoms with Crippen LogP contribution in [0.15, 0.2) is 36.5 Å². The van der Waals surface area contributed by atoms with Crippen molar-refractivity contribution in [2.24, 2.45) is 11.1 Å². The first-order valence-electron chi connectivity index (χ1n) is 12.6. The van der Waals surface area contributed by atoms with E-state index in [1.54, 1.807) is 24.4 Å². The zero-order chi connectivity index (χ0) is 25.6. The van der Waals surface area contributed by atoms with Crippen LogP contribution in [-0.4, -0.2) is 51.0 Å². The van der Waals surface area contributed by atoms with Crippen LogP contribution in [0.25, 0.3) is 5.65 Å². The number of hydrogen-bond donors (Lipinski definition) is 4. The molecule has 7 rings (SSSR count). The molecule has 192 valence electrons. The molecule has 0 spiro atoms. The number of rotatable bonds is 6. The molecule has 3 aromatic rings. The highest BCUT2D eigenvalue weighted by molar-refractivity contribution is 5.98. The van der Waals surface area contributed by atoms with E-state index in [4.69, 9.17) is 10.5 Å². The molecule has 3 amide bonds. The van der Waals surface area contributed by atoms with Gasteiger partial charge in [-0.3, -0.25) is 14.4 Å². The number of ether oxygens (including phenoxy) is 1. The van der Waals surface area contributed by atoms with Crippen molar-refractivity contribution in [3.8, 4) is 5.75 Å². The Hall–Kier alpha value is -3.99. The second-order valence-corrected chi connectivity index (χ2v) is 10.5. The maximum Gasteiger partial charge on any atom is 0.270 e. The SMILES string of the molecule is NC12CCC(CNC(=O)c3cc(C(=O)NCc4ccc5c(c4)NC(=O)CO5)nc4ccnn34)(CC1)CC2. The topological polar surface area (TPSA) is 153 Å². The molecule has 2 aromatic heterocycles. The lowest BCUT2D eigenvalue weighted by atomic mass is 9.57. The van der Waals surface area contributed by atoms with E-state index in [2.05, 4.69) is 26.0 Å². The number of nitrogens with one attached hydrogen (secondary N) is 3. The summed E-state index contributed by atoms with van der Waals surface area (Å²) in [6.45, 7) is 0.769. The Kier molecular flexibility index (Phi) is 5.59. The first-order valence-corrected chi connectivity index (χ1v) is 12.6. The predicted molar refractivity (Wildman–Crippen MR) is 134 cm³/mol. The molecule has 0 radical (unpaired) electrons. The molecular formula is C26H29N7O4. The Morgan fingerprint density at radius 1 is 1.05 bits per heavy atom. The molecule has 1 aromatic carbocycles. The van der Waals surface area contributed by atoms with Gasteiger partial charge in [0, 0.05) is 30.8 Å². The molecule has 0 unspecified atom stereocenters.